The van der Waals surface area contributed by atoms with Gasteiger partial charge in [-0.25, -0.2) is 0 Å². The standard InChI is InChI=1S/C20H26N2O4.C2H4O2/c1-14-5-7-16(12-19(14)26-10-4-9-21)20(24)22(2)13-15-6-8-18(25-3)17(23)11-15;1-2(3)4/h5-8,11-12,23H,4,9-10,13,21H2,1-3H3;1H3,(H,3,4). The van der Waals surface area contributed by atoms with Gasteiger partial charge in [0.1, 0.15) is 5.75 Å². The van der Waals surface area contributed by atoms with Crippen LogP contribution in [0.1, 0.15) is 34.8 Å². The summed E-state index contributed by atoms with van der Waals surface area (Å²) in [5.74, 6) is 0.195. The molecule has 0 aliphatic carbocycles. The van der Waals surface area contributed by atoms with E-state index in [0.717, 1.165) is 24.5 Å². The maximum atomic E-state index is 12.7. The van der Waals surface area contributed by atoms with E-state index in [1.165, 1.54) is 7.11 Å². The Morgan fingerprint density at radius 1 is 1.13 bits per heavy atom. The molecule has 0 bridgehead atoms. The lowest BCUT2D eigenvalue weighted by molar-refractivity contribution is -0.134. The number of carboxylic acids is 1. The van der Waals surface area contributed by atoms with Gasteiger partial charge in [-0.15, -0.1) is 0 Å². The molecule has 0 unspecified atom stereocenters. The third kappa shape index (κ3) is 8.00. The van der Waals surface area contributed by atoms with Crippen molar-refractivity contribution in [1.82, 2.24) is 4.90 Å². The van der Waals surface area contributed by atoms with E-state index < -0.39 is 5.97 Å². The lowest BCUT2D eigenvalue weighted by Crippen LogP contribution is -2.26. The summed E-state index contributed by atoms with van der Waals surface area (Å²) in [6, 6.07) is 10.5. The Bertz CT molecular complexity index is 850. The van der Waals surface area contributed by atoms with Crippen LogP contribution in [0.3, 0.4) is 0 Å². The highest BCUT2D eigenvalue weighted by atomic mass is 16.5. The fourth-order valence-electron chi connectivity index (χ4n) is 2.55. The number of nitrogens with zero attached hydrogens (tertiary/aromatic N) is 1. The summed E-state index contributed by atoms with van der Waals surface area (Å²) >= 11 is 0. The van der Waals surface area contributed by atoms with Crippen LogP contribution in [0.25, 0.3) is 0 Å². The number of aryl methyl sites for hydroxylation is 1. The maximum Gasteiger partial charge on any atom is 0.300 e. The van der Waals surface area contributed by atoms with E-state index in [2.05, 4.69) is 0 Å². The molecule has 2 aromatic rings. The van der Waals surface area contributed by atoms with Crippen molar-refractivity contribution in [1.29, 1.82) is 0 Å². The molecule has 0 aromatic heterocycles. The number of hydrogen-bond donors (Lipinski definition) is 3. The van der Waals surface area contributed by atoms with Gasteiger partial charge in [0.05, 0.1) is 13.7 Å². The first-order valence-electron chi connectivity index (χ1n) is 9.44. The number of aliphatic carboxylic acids is 1. The maximum absolute atomic E-state index is 12.7. The first-order valence-corrected chi connectivity index (χ1v) is 9.44. The molecule has 2 aromatic carbocycles. The quantitative estimate of drug-likeness (QED) is 0.563. The molecule has 164 valence electrons. The molecule has 1 amide bonds. The molecule has 0 fully saturated rings. The van der Waals surface area contributed by atoms with E-state index in [-0.39, 0.29) is 11.7 Å². The van der Waals surface area contributed by atoms with Gasteiger partial charge in [-0.05, 0) is 55.3 Å². The van der Waals surface area contributed by atoms with E-state index in [4.69, 9.17) is 25.1 Å². The van der Waals surface area contributed by atoms with Crippen molar-refractivity contribution in [2.45, 2.75) is 26.8 Å². The number of nitrogens with two attached hydrogens (primary N) is 1. The largest absolute Gasteiger partial charge is 0.504 e. The molecule has 8 heteroatoms. The monoisotopic (exact) mass is 418 g/mol. The van der Waals surface area contributed by atoms with Crippen molar-refractivity contribution in [3.8, 4) is 17.2 Å². The second kappa shape index (κ2) is 12.3. The van der Waals surface area contributed by atoms with E-state index in [0.29, 0.717) is 36.8 Å². The minimum Gasteiger partial charge on any atom is -0.504 e. The molecule has 30 heavy (non-hydrogen) atoms. The molecule has 2 rings (SSSR count). The number of methoxy groups -OCH3 is 1. The number of carboxylic acid groups (broad SMARTS) is 1. The average Bonchev–Trinajstić information content (AvgIpc) is 2.68. The molecule has 0 saturated carbocycles. The minimum atomic E-state index is -0.833. The predicted octanol–water partition coefficient (Wildman–Crippen LogP) is 2.80. The number of amides is 1. The van der Waals surface area contributed by atoms with Gasteiger partial charge in [-0.3, -0.25) is 9.59 Å². The topological polar surface area (TPSA) is 122 Å². The average molecular weight is 418 g/mol. The Labute approximate surface area is 176 Å². The summed E-state index contributed by atoms with van der Waals surface area (Å²) in [5.41, 5.74) is 7.82. The van der Waals surface area contributed by atoms with Crippen LogP contribution in [0, 0.1) is 6.92 Å². The smallest absolute Gasteiger partial charge is 0.300 e. The molecule has 0 atom stereocenters. The first-order chi connectivity index (χ1) is 14.2. The predicted molar refractivity (Wildman–Crippen MR) is 114 cm³/mol. The van der Waals surface area contributed by atoms with Crippen LogP contribution in [-0.4, -0.2) is 54.3 Å². The highest BCUT2D eigenvalue weighted by Gasteiger charge is 2.15. The van der Waals surface area contributed by atoms with Gasteiger partial charge in [0.25, 0.3) is 11.9 Å². The molecule has 0 aliphatic heterocycles. The number of rotatable bonds is 8. The van der Waals surface area contributed by atoms with E-state index in [9.17, 15) is 9.90 Å². The first kappa shape index (κ1) is 24.8. The zero-order chi connectivity index (χ0) is 22.7. The number of benzene rings is 2. The number of aromatic hydroxyl groups is 1. The van der Waals surface area contributed by atoms with Gasteiger partial charge in [0.15, 0.2) is 11.5 Å². The van der Waals surface area contributed by atoms with Gasteiger partial charge >= 0.3 is 0 Å². The zero-order valence-corrected chi connectivity index (χ0v) is 17.8. The molecular formula is C22H30N2O6. The Balaban J connectivity index is 0.00000103. The number of ether oxygens (including phenoxy) is 2. The fourth-order valence-corrected chi connectivity index (χ4v) is 2.55. The van der Waals surface area contributed by atoms with E-state index in [1.807, 2.05) is 19.1 Å². The van der Waals surface area contributed by atoms with Crippen LogP contribution < -0.4 is 15.2 Å². The van der Waals surface area contributed by atoms with Gasteiger partial charge in [0.2, 0.25) is 0 Å². The summed E-state index contributed by atoms with van der Waals surface area (Å²) in [5, 5.41) is 17.3. The molecule has 0 aliphatic rings. The summed E-state index contributed by atoms with van der Waals surface area (Å²) in [7, 11) is 3.22. The summed E-state index contributed by atoms with van der Waals surface area (Å²) < 4.78 is 10.7. The van der Waals surface area contributed by atoms with Crippen molar-refractivity contribution in [3.05, 3.63) is 53.1 Å². The van der Waals surface area contributed by atoms with Crippen molar-refractivity contribution in [2.24, 2.45) is 5.73 Å². The fraction of sp³-hybridized carbons (Fsp3) is 0.364. The van der Waals surface area contributed by atoms with Gasteiger partial charge < -0.3 is 30.3 Å². The number of phenols is 1. The normalized spacial score (nSPS) is 9.90. The van der Waals surface area contributed by atoms with Crippen molar-refractivity contribution in [2.75, 3.05) is 27.3 Å². The molecular weight excluding hydrogens is 388 g/mol. The second-order valence-corrected chi connectivity index (χ2v) is 6.66. The van der Waals surface area contributed by atoms with E-state index in [1.54, 1.807) is 36.2 Å². The van der Waals surface area contributed by atoms with Crippen LogP contribution in [-0.2, 0) is 11.3 Å². The zero-order valence-electron chi connectivity index (χ0n) is 17.8. The molecule has 0 radical (unpaired) electrons. The Kier molecular flexibility index (Phi) is 10.2. The van der Waals surface area contributed by atoms with Gasteiger partial charge in [0, 0.05) is 26.1 Å². The minimum absolute atomic E-state index is 0.0526. The lowest BCUT2D eigenvalue weighted by Gasteiger charge is -2.19. The van der Waals surface area contributed by atoms with Crippen LogP contribution in [0.5, 0.6) is 17.2 Å². The highest BCUT2D eigenvalue weighted by Crippen LogP contribution is 2.27. The van der Waals surface area contributed by atoms with Crippen molar-refractivity contribution in [3.63, 3.8) is 0 Å². The van der Waals surface area contributed by atoms with Crippen LogP contribution in [0.15, 0.2) is 36.4 Å². The summed E-state index contributed by atoms with van der Waals surface area (Å²) in [6.45, 7) is 4.48. The third-order valence-electron chi connectivity index (χ3n) is 4.05. The SMILES string of the molecule is CC(=O)O.COc1ccc(CN(C)C(=O)c2ccc(C)c(OCCCN)c2)cc1O. The highest BCUT2D eigenvalue weighted by molar-refractivity contribution is 5.94. The van der Waals surface area contributed by atoms with Crippen molar-refractivity contribution < 1.29 is 29.3 Å². The van der Waals surface area contributed by atoms with Crippen LogP contribution in [0.4, 0.5) is 0 Å². The Hall–Kier alpha value is -3.26. The molecule has 8 nitrogen and oxygen atoms in total. The third-order valence-corrected chi connectivity index (χ3v) is 4.05. The molecule has 0 heterocycles. The Morgan fingerprint density at radius 3 is 2.37 bits per heavy atom. The number of hydrogen-bond acceptors (Lipinski definition) is 6. The second-order valence-electron chi connectivity index (χ2n) is 6.66. The van der Waals surface area contributed by atoms with Gasteiger partial charge in [-0.2, -0.15) is 0 Å². The molecule has 0 saturated heterocycles. The Morgan fingerprint density at radius 2 is 1.80 bits per heavy atom. The van der Waals surface area contributed by atoms with Crippen molar-refractivity contribution >= 4 is 11.9 Å². The van der Waals surface area contributed by atoms with E-state index >= 15 is 0 Å². The lowest BCUT2D eigenvalue weighted by atomic mass is 10.1. The summed E-state index contributed by atoms with van der Waals surface area (Å²) in [4.78, 5) is 23.3. The number of carbonyl (C=O) groups is 2. The molecule has 0 spiro atoms. The molecule has 4 N–H and O–H groups in total. The summed E-state index contributed by atoms with van der Waals surface area (Å²) in [6.07, 6.45) is 0.762. The van der Waals surface area contributed by atoms with Gasteiger partial charge in [-0.1, -0.05) is 12.1 Å². The van der Waals surface area contributed by atoms with Crippen LogP contribution in [0.2, 0.25) is 0 Å². The van der Waals surface area contributed by atoms with Crippen LogP contribution >= 0.6 is 0 Å². The number of carbonyl (C=O) groups excluding carboxylic acids is 1. The number of phenolic OH excluding ortho intramolecular Hbond substituents is 1.